The van der Waals surface area contributed by atoms with Crippen molar-refractivity contribution in [2.75, 3.05) is 38.0 Å². The van der Waals surface area contributed by atoms with Crippen LogP contribution in [0.5, 0.6) is 5.75 Å². The van der Waals surface area contributed by atoms with Crippen LogP contribution in [0.3, 0.4) is 0 Å². The number of benzene rings is 2. The van der Waals surface area contributed by atoms with Crippen LogP contribution in [0.4, 0.5) is 5.69 Å². The van der Waals surface area contributed by atoms with Crippen molar-refractivity contribution in [3.05, 3.63) is 58.6 Å². The number of carbonyl (C=O) groups excluding carboxylic acids is 1. The highest BCUT2D eigenvalue weighted by Gasteiger charge is 2.31. The van der Waals surface area contributed by atoms with E-state index in [-0.39, 0.29) is 23.8 Å². The summed E-state index contributed by atoms with van der Waals surface area (Å²) in [5, 5.41) is 18.6. The normalized spacial score (nSPS) is 22.5. The largest absolute Gasteiger partial charge is 0.489 e. The van der Waals surface area contributed by atoms with Crippen LogP contribution < -0.4 is 15.4 Å². The Kier molecular flexibility index (Phi) is 7.40. The number of aliphatic hydroxyl groups is 1. The lowest BCUT2D eigenvalue weighted by molar-refractivity contribution is -0.119. The van der Waals surface area contributed by atoms with E-state index in [0.717, 1.165) is 62.3 Å². The van der Waals surface area contributed by atoms with Crippen LogP contribution in [0.2, 0.25) is 5.02 Å². The van der Waals surface area contributed by atoms with Crippen molar-refractivity contribution in [2.45, 2.75) is 50.2 Å². The molecule has 1 aliphatic carbocycles. The van der Waals surface area contributed by atoms with Crippen LogP contribution in [-0.2, 0) is 4.79 Å². The lowest BCUT2D eigenvalue weighted by Gasteiger charge is -2.30. The fraction of sp³-hybridized carbons (Fsp3) is 0.519. The summed E-state index contributed by atoms with van der Waals surface area (Å²) in [6, 6.07) is 13.5. The van der Waals surface area contributed by atoms with Gasteiger partial charge in [0.15, 0.2) is 0 Å². The Bertz CT molecular complexity index is 1000. The van der Waals surface area contributed by atoms with Gasteiger partial charge in [0.05, 0.1) is 23.1 Å². The second-order valence-corrected chi connectivity index (χ2v) is 10.2. The first-order valence-electron chi connectivity index (χ1n) is 12.6. The molecular weight excluding hydrogens is 450 g/mol. The summed E-state index contributed by atoms with van der Waals surface area (Å²) in [6.07, 6.45) is 4.84. The molecule has 6 nitrogen and oxygen atoms in total. The molecule has 5 rings (SSSR count). The van der Waals surface area contributed by atoms with Gasteiger partial charge in [-0.2, -0.15) is 0 Å². The number of para-hydroxylation sites is 1. The molecule has 3 fully saturated rings. The van der Waals surface area contributed by atoms with Crippen molar-refractivity contribution < 1.29 is 14.6 Å². The first-order valence-corrected chi connectivity index (χ1v) is 12.9. The fourth-order valence-electron chi connectivity index (χ4n) is 5.05. The van der Waals surface area contributed by atoms with E-state index < -0.39 is 6.10 Å². The predicted octanol–water partition coefficient (Wildman–Crippen LogP) is 4.34. The molecule has 2 heterocycles. The number of carbonyl (C=O) groups is 1. The third-order valence-electron chi connectivity index (χ3n) is 7.20. The minimum Gasteiger partial charge on any atom is -0.489 e. The highest BCUT2D eigenvalue weighted by molar-refractivity contribution is 6.32. The quantitative estimate of drug-likeness (QED) is 0.494. The smallest absolute Gasteiger partial charge is 0.228 e. The molecule has 7 heteroatoms. The van der Waals surface area contributed by atoms with E-state index in [9.17, 15) is 9.90 Å². The number of rotatable bonds is 9. The predicted molar refractivity (Wildman–Crippen MR) is 135 cm³/mol. The van der Waals surface area contributed by atoms with Gasteiger partial charge in [0.2, 0.25) is 5.91 Å². The van der Waals surface area contributed by atoms with Gasteiger partial charge in [0.1, 0.15) is 5.75 Å². The highest BCUT2D eigenvalue weighted by Crippen LogP contribution is 2.39. The van der Waals surface area contributed by atoms with E-state index >= 15 is 0 Å². The SMILES string of the molecule is O=C(Nc1ccccc1[C@H](CN1CCCC1)[C@@H](O)c1ccc(OC2CC2)c(Cl)c1)[C@@H]1CCNC1. The van der Waals surface area contributed by atoms with E-state index in [1.807, 2.05) is 42.5 Å². The molecule has 0 spiro atoms. The third-order valence-corrected chi connectivity index (χ3v) is 7.49. The van der Waals surface area contributed by atoms with Crippen LogP contribution >= 0.6 is 11.6 Å². The number of anilines is 1. The topological polar surface area (TPSA) is 73.8 Å². The van der Waals surface area contributed by atoms with Gasteiger partial charge in [-0.25, -0.2) is 0 Å². The average Bonchev–Trinajstić information content (AvgIpc) is 3.27. The second kappa shape index (κ2) is 10.6. The number of aliphatic hydroxyl groups excluding tert-OH is 1. The number of nitrogens with one attached hydrogen (secondary N) is 2. The first-order chi connectivity index (χ1) is 16.6. The van der Waals surface area contributed by atoms with E-state index in [4.69, 9.17) is 16.3 Å². The van der Waals surface area contributed by atoms with Crippen molar-refractivity contribution in [3.63, 3.8) is 0 Å². The molecule has 182 valence electrons. The standard InChI is InChI=1S/C27H34ClN3O3/c28-23-15-18(7-10-25(23)34-20-8-9-20)26(32)22(17-31-13-3-4-14-31)21-5-1-2-6-24(21)30-27(33)19-11-12-29-16-19/h1-2,5-7,10,15,19-20,22,26,29,32H,3-4,8-9,11-14,16-17H2,(H,30,33)/t19-,22+,26+/m1/s1. The van der Waals surface area contributed by atoms with Gasteiger partial charge in [0.25, 0.3) is 0 Å². The summed E-state index contributed by atoms with van der Waals surface area (Å²) < 4.78 is 5.88. The van der Waals surface area contributed by atoms with Crippen molar-refractivity contribution in [3.8, 4) is 5.75 Å². The van der Waals surface area contributed by atoms with E-state index in [1.165, 1.54) is 12.8 Å². The van der Waals surface area contributed by atoms with Gasteiger partial charge in [-0.1, -0.05) is 35.9 Å². The summed E-state index contributed by atoms with van der Waals surface area (Å²) in [6.45, 7) is 4.36. The molecule has 0 unspecified atom stereocenters. The zero-order valence-corrected chi connectivity index (χ0v) is 20.3. The Hall–Kier alpha value is -2.12. The lowest BCUT2D eigenvalue weighted by Crippen LogP contribution is -2.30. The fourth-order valence-corrected chi connectivity index (χ4v) is 5.29. The number of amides is 1. The summed E-state index contributed by atoms with van der Waals surface area (Å²) in [7, 11) is 0. The van der Waals surface area contributed by atoms with Crippen LogP contribution in [-0.4, -0.2) is 54.7 Å². The van der Waals surface area contributed by atoms with Crippen molar-refractivity contribution in [1.82, 2.24) is 10.2 Å². The van der Waals surface area contributed by atoms with Crippen LogP contribution in [0.1, 0.15) is 55.3 Å². The number of likely N-dealkylation sites (tertiary alicyclic amines) is 1. The Labute approximate surface area is 206 Å². The molecule has 3 atom stereocenters. The molecule has 2 aliphatic heterocycles. The maximum atomic E-state index is 12.9. The summed E-state index contributed by atoms with van der Waals surface area (Å²) in [4.78, 5) is 15.3. The molecule has 3 N–H and O–H groups in total. The molecule has 1 amide bonds. The van der Waals surface area contributed by atoms with E-state index in [1.54, 1.807) is 0 Å². The maximum absolute atomic E-state index is 12.9. The van der Waals surface area contributed by atoms with Crippen LogP contribution in [0.15, 0.2) is 42.5 Å². The van der Waals surface area contributed by atoms with Crippen LogP contribution in [0.25, 0.3) is 0 Å². The van der Waals surface area contributed by atoms with Crippen molar-refractivity contribution >= 4 is 23.2 Å². The van der Waals surface area contributed by atoms with Crippen LogP contribution in [0, 0.1) is 5.92 Å². The van der Waals surface area contributed by atoms with Gasteiger partial charge in [-0.15, -0.1) is 0 Å². The minimum absolute atomic E-state index is 0.0205. The molecule has 2 aromatic carbocycles. The molecule has 2 aromatic rings. The summed E-state index contributed by atoms with van der Waals surface area (Å²) in [5.74, 6) is 0.487. The maximum Gasteiger partial charge on any atom is 0.228 e. The Morgan fingerprint density at radius 2 is 1.97 bits per heavy atom. The van der Waals surface area contributed by atoms with Gasteiger partial charge >= 0.3 is 0 Å². The molecule has 0 radical (unpaired) electrons. The van der Waals surface area contributed by atoms with Gasteiger partial charge in [-0.05, 0) is 81.1 Å². The third kappa shape index (κ3) is 5.57. The molecule has 0 aromatic heterocycles. The molecule has 0 bridgehead atoms. The Morgan fingerprint density at radius 3 is 2.68 bits per heavy atom. The molecular formula is C27H34ClN3O3. The zero-order chi connectivity index (χ0) is 23.5. The monoisotopic (exact) mass is 483 g/mol. The summed E-state index contributed by atoms with van der Waals surface area (Å²) in [5.41, 5.74) is 2.50. The second-order valence-electron chi connectivity index (χ2n) is 9.83. The molecule has 1 saturated carbocycles. The van der Waals surface area contributed by atoms with Gasteiger partial charge < -0.3 is 25.4 Å². The number of hydrogen-bond donors (Lipinski definition) is 3. The van der Waals surface area contributed by atoms with Gasteiger partial charge in [0, 0.05) is 24.7 Å². The average molecular weight is 484 g/mol. The number of nitrogens with zero attached hydrogens (tertiary/aromatic N) is 1. The lowest BCUT2D eigenvalue weighted by atomic mass is 9.87. The highest BCUT2D eigenvalue weighted by atomic mass is 35.5. The number of ether oxygens (including phenoxy) is 1. The number of hydrogen-bond acceptors (Lipinski definition) is 5. The molecule has 34 heavy (non-hydrogen) atoms. The molecule has 3 aliphatic rings. The van der Waals surface area contributed by atoms with Crippen molar-refractivity contribution in [2.24, 2.45) is 5.92 Å². The van der Waals surface area contributed by atoms with Crippen molar-refractivity contribution in [1.29, 1.82) is 0 Å². The van der Waals surface area contributed by atoms with E-state index in [2.05, 4.69) is 15.5 Å². The molecule has 2 saturated heterocycles. The van der Waals surface area contributed by atoms with E-state index in [0.29, 0.717) is 17.3 Å². The zero-order valence-electron chi connectivity index (χ0n) is 19.5. The van der Waals surface area contributed by atoms with Gasteiger partial charge in [-0.3, -0.25) is 4.79 Å². The number of halogens is 1. The Morgan fingerprint density at radius 1 is 1.18 bits per heavy atom. The summed E-state index contributed by atoms with van der Waals surface area (Å²) >= 11 is 6.53. The first kappa shape index (κ1) is 23.6. The Balaban J connectivity index is 1.41. The minimum atomic E-state index is -0.765.